The van der Waals surface area contributed by atoms with Gasteiger partial charge >= 0.3 is 0 Å². The molecule has 0 radical (unpaired) electrons. The highest BCUT2D eigenvalue weighted by Crippen LogP contribution is 2.34. The maximum Gasteiger partial charge on any atom is 0.229 e. The minimum absolute atomic E-state index is 0. The Hall–Kier alpha value is -2.93. The number of carbonyl (C=O) groups is 2. The molecule has 150 valence electrons. The topological polar surface area (TPSA) is 93.9 Å². The quantitative estimate of drug-likeness (QED) is 0.720. The van der Waals surface area contributed by atoms with E-state index >= 15 is 0 Å². The van der Waals surface area contributed by atoms with Crippen molar-refractivity contribution >= 4 is 41.3 Å². The number of nitrogens with one attached hydrogen (secondary N) is 1. The second kappa shape index (κ2) is 9.32. The zero-order valence-corrected chi connectivity index (χ0v) is 16.6. The van der Waals surface area contributed by atoms with Crippen molar-refractivity contribution in [1.82, 2.24) is 0 Å². The lowest BCUT2D eigenvalue weighted by Crippen LogP contribution is -2.28. The van der Waals surface area contributed by atoms with Crippen LogP contribution in [-0.2, 0) is 9.59 Å². The first-order chi connectivity index (χ1) is 13.0. The third-order valence-electron chi connectivity index (χ3n) is 4.47. The lowest BCUT2D eigenvalue weighted by Gasteiger charge is -2.20. The monoisotopic (exact) mass is 405 g/mol. The summed E-state index contributed by atoms with van der Waals surface area (Å²) in [5.41, 5.74) is 7.52. The van der Waals surface area contributed by atoms with Gasteiger partial charge in [-0.15, -0.1) is 12.4 Å². The van der Waals surface area contributed by atoms with Crippen molar-refractivity contribution in [2.75, 3.05) is 36.2 Å². The Bertz CT molecular complexity index is 859. The van der Waals surface area contributed by atoms with Gasteiger partial charge in [-0.25, -0.2) is 0 Å². The summed E-state index contributed by atoms with van der Waals surface area (Å²) < 4.78 is 10.8. The summed E-state index contributed by atoms with van der Waals surface area (Å²) in [7, 11) is 1.54. The van der Waals surface area contributed by atoms with Crippen LogP contribution in [0.15, 0.2) is 42.5 Å². The van der Waals surface area contributed by atoms with E-state index in [1.54, 1.807) is 30.2 Å². The van der Waals surface area contributed by atoms with E-state index in [0.29, 0.717) is 41.7 Å². The van der Waals surface area contributed by atoms with E-state index in [4.69, 9.17) is 15.2 Å². The molecule has 0 aromatic heterocycles. The van der Waals surface area contributed by atoms with E-state index in [1.165, 1.54) is 0 Å². The van der Waals surface area contributed by atoms with Crippen molar-refractivity contribution in [2.24, 2.45) is 5.92 Å². The Morgan fingerprint density at radius 3 is 2.75 bits per heavy atom. The lowest BCUT2D eigenvalue weighted by atomic mass is 10.1. The van der Waals surface area contributed by atoms with E-state index in [-0.39, 0.29) is 30.6 Å². The van der Waals surface area contributed by atoms with Gasteiger partial charge in [0, 0.05) is 19.0 Å². The number of benzene rings is 2. The van der Waals surface area contributed by atoms with E-state index in [9.17, 15) is 9.59 Å². The lowest BCUT2D eigenvalue weighted by molar-refractivity contribution is -0.122. The van der Waals surface area contributed by atoms with E-state index in [1.807, 2.05) is 31.2 Å². The Kier molecular flexibility index (Phi) is 7.12. The number of hydrogen-bond donors (Lipinski definition) is 2. The zero-order chi connectivity index (χ0) is 19.4. The Balaban J connectivity index is 0.00000280. The summed E-state index contributed by atoms with van der Waals surface area (Å²) in [6, 6.07) is 12.4. The second-order valence-corrected chi connectivity index (χ2v) is 6.25. The third kappa shape index (κ3) is 4.48. The summed E-state index contributed by atoms with van der Waals surface area (Å²) in [5, 5.41) is 2.81. The van der Waals surface area contributed by atoms with Gasteiger partial charge in [-0.2, -0.15) is 0 Å². The van der Waals surface area contributed by atoms with E-state index < -0.39 is 5.92 Å². The van der Waals surface area contributed by atoms with Crippen LogP contribution in [0.1, 0.15) is 13.3 Å². The standard InChI is InChI=1S/C20H23N3O4.ClH/c1-3-27-18-7-5-4-6-17(18)23-12-13(10-19(23)24)20(25)22-16-11-14(26-2)8-9-15(16)21;/h4-9,11,13H,3,10,12,21H2,1-2H3,(H,22,25);1H. The van der Waals surface area contributed by atoms with Crippen molar-refractivity contribution in [3.63, 3.8) is 0 Å². The summed E-state index contributed by atoms with van der Waals surface area (Å²) in [4.78, 5) is 26.8. The summed E-state index contributed by atoms with van der Waals surface area (Å²) >= 11 is 0. The molecule has 7 nitrogen and oxygen atoms in total. The Labute approximate surface area is 170 Å². The van der Waals surface area contributed by atoms with Crippen LogP contribution in [-0.4, -0.2) is 32.1 Å². The molecule has 1 fully saturated rings. The zero-order valence-electron chi connectivity index (χ0n) is 15.8. The van der Waals surface area contributed by atoms with Crippen molar-refractivity contribution in [1.29, 1.82) is 0 Å². The Morgan fingerprint density at radius 1 is 1.29 bits per heavy atom. The molecule has 2 aromatic carbocycles. The molecule has 1 unspecified atom stereocenters. The van der Waals surface area contributed by atoms with Gasteiger partial charge in [0.05, 0.1) is 36.7 Å². The molecular formula is C20H24ClN3O4. The van der Waals surface area contributed by atoms with Gasteiger partial charge in [-0.1, -0.05) is 12.1 Å². The van der Waals surface area contributed by atoms with Gasteiger partial charge in [0.25, 0.3) is 0 Å². The Morgan fingerprint density at radius 2 is 2.04 bits per heavy atom. The highest BCUT2D eigenvalue weighted by molar-refractivity contribution is 6.05. The maximum absolute atomic E-state index is 12.7. The summed E-state index contributed by atoms with van der Waals surface area (Å²) in [6.45, 7) is 2.67. The fourth-order valence-corrected chi connectivity index (χ4v) is 3.08. The van der Waals surface area contributed by atoms with Crippen LogP contribution in [0.25, 0.3) is 0 Å². The van der Waals surface area contributed by atoms with Crippen molar-refractivity contribution < 1.29 is 19.1 Å². The third-order valence-corrected chi connectivity index (χ3v) is 4.47. The minimum atomic E-state index is -0.474. The van der Waals surface area contributed by atoms with Crippen molar-refractivity contribution in [3.05, 3.63) is 42.5 Å². The van der Waals surface area contributed by atoms with Gasteiger partial charge in [0.1, 0.15) is 11.5 Å². The van der Waals surface area contributed by atoms with Crippen molar-refractivity contribution in [2.45, 2.75) is 13.3 Å². The van der Waals surface area contributed by atoms with Crippen LogP contribution in [0.2, 0.25) is 0 Å². The summed E-state index contributed by atoms with van der Waals surface area (Å²) in [5.74, 6) is 0.388. The van der Waals surface area contributed by atoms with Gasteiger partial charge in [0.2, 0.25) is 11.8 Å². The molecule has 1 heterocycles. The van der Waals surface area contributed by atoms with Gasteiger partial charge in [-0.3, -0.25) is 9.59 Å². The molecule has 0 saturated carbocycles. The van der Waals surface area contributed by atoms with Crippen LogP contribution < -0.4 is 25.4 Å². The number of para-hydroxylation sites is 2. The molecule has 0 spiro atoms. The van der Waals surface area contributed by atoms with Gasteiger partial charge in [0.15, 0.2) is 0 Å². The van der Waals surface area contributed by atoms with Crippen LogP contribution in [0.4, 0.5) is 17.1 Å². The van der Waals surface area contributed by atoms with Crippen LogP contribution >= 0.6 is 12.4 Å². The largest absolute Gasteiger partial charge is 0.497 e. The van der Waals surface area contributed by atoms with Gasteiger partial charge < -0.3 is 25.4 Å². The number of carbonyl (C=O) groups excluding carboxylic acids is 2. The predicted molar refractivity (Wildman–Crippen MR) is 111 cm³/mol. The number of nitrogens with zero attached hydrogens (tertiary/aromatic N) is 1. The molecule has 3 rings (SSSR count). The SMILES string of the molecule is CCOc1ccccc1N1CC(C(=O)Nc2cc(OC)ccc2N)CC1=O.Cl. The number of nitrogens with two attached hydrogens (primary N) is 1. The number of halogens is 1. The number of anilines is 3. The highest BCUT2D eigenvalue weighted by atomic mass is 35.5. The van der Waals surface area contributed by atoms with Gasteiger partial charge in [-0.05, 0) is 31.2 Å². The smallest absolute Gasteiger partial charge is 0.229 e. The molecule has 1 saturated heterocycles. The predicted octanol–water partition coefficient (Wildman–Crippen LogP) is 3.09. The number of nitrogen functional groups attached to an aromatic ring is 1. The van der Waals surface area contributed by atoms with Crippen LogP contribution in [0, 0.1) is 5.92 Å². The molecule has 1 atom stereocenters. The molecule has 28 heavy (non-hydrogen) atoms. The normalized spacial score (nSPS) is 15.7. The number of hydrogen-bond acceptors (Lipinski definition) is 5. The number of ether oxygens (including phenoxy) is 2. The van der Waals surface area contributed by atoms with E-state index in [0.717, 1.165) is 0 Å². The molecule has 3 N–H and O–H groups in total. The molecule has 1 aliphatic heterocycles. The molecular weight excluding hydrogens is 382 g/mol. The van der Waals surface area contributed by atoms with Crippen LogP contribution in [0.3, 0.4) is 0 Å². The first kappa shape index (κ1) is 21.4. The molecule has 8 heteroatoms. The van der Waals surface area contributed by atoms with Crippen LogP contribution in [0.5, 0.6) is 11.5 Å². The molecule has 2 amide bonds. The average molecular weight is 406 g/mol. The summed E-state index contributed by atoms with van der Waals surface area (Å²) in [6.07, 6.45) is 0.135. The fourth-order valence-electron chi connectivity index (χ4n) is 3.08. The molecule has 0 bridgehead atoms. The van der Waals surface area contributed by atoms with E-state index in [2.05, 4.69) is 5.32 Å². The molecule has 1 aliphatic rings. The number of rotatable bonds is 6. The molecule has 2 aromatic rings. The first-order valence-corrected chi connectivity index (χ1v) is 8.80. The first-order valence-electron chi connectivity index (χ1n) is 8.80. The fraction of sp³-hybridized carbons (Fsp3) is 0.300. The highest BCUT2D eigenvalue weighted by Gasteiger charge is 2.36. The van der Waals surface area contributed by atoms with Crippen molar-refractivity contribution in [3.8, 4) is 11.5 Å². The molecule has 0 aliphatic carbocycles. The average Bonchev–Trinajstić information content (AvgIpc) is 3.06. The number of amides is 2. The maximum atomic E-state index is 12.7. The second-order valence-electron chi connectivity index (χ2n) is 6.25. The minimum Gasteiger partial charge on any atom is -0.497 e. The number of methoxy groups -OCH3 is 1.